The molecule has 1 atom stereocenters. The molecule has 0 heterocycles. The van der Waals surface area contributed by atoms with E-state index in [2.05, 4.69) is 49.1 Å². The molecule has 1 aliphatic rings. The quantitative estimate of drug-likeness (QED) is 0.778. The number of nitrogens with zero attached hydrogens (tertiary/aromatic N) is 1. The van der Waals surface area contributed by atoms with Gasteiger partial charge >= 0.3 is 0 Å². The maximum atomic E-state index is 6.10. The minimum Gasteiger partial charge on any atom is -0.329 e. The molecule has 2 heteroatoms. The normalized spacial score (nSPS) is 18.5. The molecule has 0 bridgehead atoms. The van der Waals surface area contributed by atoms with Crippen LogP contribution >= 0.6 is 0 Å². The van der Waals surface area contributed by atoms with Crippen LogP contribution < -0.4 is 5.73 Å². The smallest absolute Gasteiger partial charge is 0.0306 e. The van der Waals surface area contributed by atoms with Crippen molar-refractivity contribution in [3.8, 4) is 0 Å². The molecule has 2 nitrogen and oxygen atoms in total. The van der Waals surface area contributed by atoms with E-state index < -0.39 is 0 Å². The fourth-order valence-corrected chi connectivity index (χ4v) is 2.79. The van der Waals surface area contributed by atoms with Crippen LogP contribution in [0.1, 0.15) is 38.7 Å². The lowest BCUT2D eigenvalue weighted by atomic mass is 9.91. The number of aryl methyl sites for hydroxylation is 1. The number of likely N-dealkylation sites (N-methyl/N-ethyl adjacent to an activating group) is 1. The third-order valence-corrected chi connectivity index (χ3v) is 4.56. The summed E-state index contributed by atoms with van der Waals surface area (Å²) in [4.78, 5) is 2.60. The zero-order valence-electron chi connectivity index (χ0n) is 12.4. The molecule has 0 amide bonds. The summed E-state index contributed by atoms with van der Waals surface area (Å²) in [6, 6.07) is 10.8. The monoisotopic (exact) mass is 260 g/mol. The SMILES string of the molecule is CCN(CC1CC1)C(C)(CN)CCc1ccccc1. The number of hydrogen-bond acceptors (Lipinski definition) is 2. The van der Waals surface area contributed by atoms with Crippen molar-refractivity contribution in [1.29, 1.82) is 0 Å². The number of nitrogens with two attached hydrogens (primary N) is 1. The standard InChI is InChI=1S/C17H28N2/c1-3-19(13-16-9-10-16)17(2,14-18)12-11-15-7-5-4-6-8-15/h4-8,16H,3,9-14,18H2,1-2H3. The van der Waals surface area contributed by atoms with Crippen molar-refractivity contribution in [3.05, 3.63) is 35.9 Å². The summed E-state index contributed by atoms with van der Waals surface area (Å²) in [5, 5.41) is 0. The van der Waals surface area contributed by atoms with Crippen LogP contribution in [0.2, 0.25) is 0 Å². The molecule has 2 N–H and O–H groups in total. The molecule has 1 saturated carbocycles. The first-order valence-corrected chi connectivity index (χ1v) is 7.67. The van der Waals surface area contributed by atoms with Crippen molar-refractivity contribution < 1.29 is 0 Å². The van der Waals surface area contributed by atoms with Gasteiger partial charge in [0.1, 0.15) is 0 Å². The van der Waals surface area contributed by atoms with Gasteiger partial charge in [0.05, 0.1) is 0 Å². The first-order valence-electron chi connectivity index (χ1n) is 7.67. The summed E-state index contributed by atoms with van der Waals surface area (Å²) < 4.78 is 0. The zero-order chi connectivity index (χ0) is 13.7. The Kier molecular flexibility index (Phi) is 5.00. The molecule has 0 aliphatic heterocycles. The Morgan fingerprint density at radius 1 is 1.26 bits per heavy atom. The molecule has 0 spiro atoms. The van der Waals surface area contributed by atoms with Gasteiger partial charge in [-0.1, -0.05) is 37.3 Å². The predicted molar refractivity (Wildman–Crippen MR) is 82.2 cm³/mol. The van der Waals surface area contributed by atoms with E-state index in [1.165, 1.54) is 24.9 Å². The van der Waals surface area contributed by atoms with Gasteiger partial charge in [0.15, 0.2) is 0 Å². The van der Waals surface area contributed by atoms with Crippen LogP contribution in [-0.2, 0) is 6.42 Å². The maximum absolute atomic E-state index is 6.10. The topological polar surface area (TPSA) is 29.3 Å². The van der Waals surface area contributed by atoms with Gasteiger partial charge in [0.2, 0.25) is 0 Å². The number of benzene rings is 1. The van der Waals surface area contributed by atoms with E-state index in [4.69, 9.17) is 5.73 Å². The third-order valence-electron chi connectivity index (χ3n) is 4.56. The first kappa shape index (κ1) is 14.5. The Balaban J connectivity index is 1.95. The van der Waals surface area contributed by atoms with Gasteiger partial charge in [-0.15, -0.1) is 0 Å². The van der Waals surface area contributed by atoms with Gasteiger partial charge in [0.25, 0.3) is 0 Å². The van der Waals surface area contributed by atoms with Crippen LogP contribution in [0.15, 0.2) is 30.3 Å². The van der Waals surface area contributed by atoms with Crippen molar-refractivity contribution in [2.75, 3.05) is 19.6 Å². The highest BCUT2D eigenvalue weighted by atomic mass is 15.2. The summed E-state index contributed by atoms with van der Waals surface area (Å²) in [7, 11) is 0. The first-order chi connectivity index (χ1) is 9.18. The summed E-state index contributed by atoms with van der Waals surface area (Å²) in [6.45, 7) is 7.69. The largest absolute Gasteiger partial charge is 0.329 e. The zero-order valence-corrected chi connectivity index (χ0v) is 12.4. The van der Waals surface area contributed by atoms with E-state index in [1.807, 2.05) is 0 Å². The Bertz CT molecular complexity index is 372. The lowest BCUT2D eigenvalue weighted by Gasteiger charge is -2.40. The Hall–Kier alpha value is -0.860. The third kappa shape index (κ3) is 4.05. The number of hydrogen-bond donors (Lipinski definition) is 1. The van der Waals surface area contributed by atoms with E-state index in [9.17, 15) is 0 Å². The van der Waals surface area contributed by atoms with E-state index >= 15 is 0 Å². The van der Waals surface area contributed by atoms with Gasteiger partial charge in [-0.3, -0.25) is 4.90 Å². The van der Waals surface area contributed by atoms with Gasteiger partial charge < -0.3 is 5.73 Å². The molecule has 106 valence electrons. The van der Waals surface area contributed by atoms with Crippen molar-refractivity contribution in [1.82, 2.24) is 4.90 Å². The maximum Gasteiger partial charge on any atom is 0.0306 e. The molecule has 1 fully saturated rings. The molecule has 1 aromatic carbocycles. The van der Waals surface area contributed by atoms with Gasteiger partial charge in [-0.05, 0) is 50.6 Å². The predicted octanol–water partition coefficient (Wildman–Crippen LogP) is 3.07. The molecule has 1 aliphatic carbocycles. The van der Waals surface area contributed by atoms with Crippen molar-refractivity contribution in [2.45, 2.75) is 45.1 Å². The second kappa shape index (κ2) is 6.53. The van der Waals surface area contributed by atoms with E-state index in [1.54, 1.807) is 0 Å². The Labute approximate surface area is 118 Å². The lowest BCUT2D eigenvalue weighted by molar-refractivity contribution is 0.102. The minimum atomic E-state index is 0.146. The second-order valence-electron chi connectivity index (χ2n) is 6.17. The van der Waals surface area contributed by atoms with Crippen LogP contribution in [-0.4, -0.2) is 30.1 Å². The molecule has 1 unspecified atom stereocenters. The minimum absolute atomic E-state index is 0.146. The van der Waals surface area contributed by atoms with Crippen LogP contribution in [0.4, 0.5) is 0 Å². The molecule has 0 saturated heterocycles. The van der Waals surface area contributed by atoms with Gasteiger partial charge in [-0.2, -0.15) is 0 Å². The van der Waals surface area contributed by atoms with Crippen LogP contribution in [0.3, 0.4) is 0 Å². The average Bonchev–Trinajstić information content (AvgIpc) is 3.27. The summed E-state index contributed by atoms with van der Waals surface area (Å²) in [5.74, 6) is 0.933. The molecular weight excluding hydrogens is 232 g/mol. The Morgan fingerprint density at radius 2 is 1.95 bits per heavy atom. The van der Waals surface area contributed by atoms with Gasteiger partial charge in [0, 0.05) is 18.6 Å². The molecular formula is C17H28N2. The summed E-state index contributed by atoms with van der Waals surface area (Å²) in [5.41, 5.74) is 7.67. The van der Waals surface area contributed by atoms with Crippen LogP contribution in [0, 0.1) is 5.92 Å². The second-order valence-corrected chi connectivity index (χ2v) is 6.17. The highest BCUT2D eigenvalue weighted by molar-refractivity contribution is 5.15. The summed E-state index contributed by atoms with van der Waals surface area (Å²) >= 11 is 0. The fraction of sp³-hybridized carbons (Fsp3) is 0.647. The number of rotatable bonds is 8. The van der Waals surface area contributed by atoms with E-state index in [-0.39, 0.29) is 5.54 Å². The van der Waals surface area contributed by atoms with Crippen LogP contribution in [0.5, 0.6) is 0 Å². The van der Waals surface area contributed by atoms with Crippen LogP contribution in [0.25, 0.3) is 0 Å². The van der Waals surface area contributed by atoms with E-state index in [0.29, 0.717) is 0 Å². The van der Waals surface area contributed by atoms with Crippen molar-refractivity contribution in [2.24, 2.45) is 11.7 Å². The summed E-state index contributed by atoms with van der Waals surface area (Å²) in [6.07, 6.45) is 5.09. The average molecular weight is 260 g/mol. The molecule has 2 rings (SSSR count). The van der Waals surface area contributed by atoms with Crippen molar-refractivity contribution in [3.63, 3.8) is 0 Å². The highest BCUT2D eigenvalue weighted by Crippen LogP contribution is 2.32. The molecule has 1 aromatic rings. The molecule has 19 heavy (non-hydrogen) atoms. The highest BCUT2D eigenvalue weighted by Gasteiger charge is 2.33. The molecule has 0 aromatic heterocycles. The fourth-order valence-electron chi connectivity index (χ4n) is 2.79. The van der Waals surface area contributed by atoms with Crippen molar-refractivity contribution >= 4 is 0 Å². The molecule has 0 radical (unpaired) electrons. The Morgan fingerprint density at radius 3 is 2.47 bits per heavy atom. The van der Waals surface area contributed by atoms with Gasteiger partial charge in [-0.25, -0.2) is 0 Å². The lowest BCUT2D eigenvalue weighted by Crippen LogP contribution is -2.52. The van der Waals surface area contributed by atoms with E-state index in [0.717, 1.165) is 31.8 Å².